The molecule has 2 saturated heterocycles. The van der Waals surface area contributed by atoms with Gasteiger partial charge in [0.2, 0.25) is 0 Å². The molecular formula is C13H15ClFIN2O. The summed E-state index contributed by atoms with van der Waals surface area (Å²) in [5.74, 6) is 0.785. The number of fused-ring (bicyclic) bond motifs is 1. The van der Waals surface area contributed by atoms with Gasteiger partial charge in [-0.2, -0.15) is 0 Å². The molecule has 6 heteroatoms. The lowest BCUT2D eigenvalue weighted by Crippen LogP contribution is -2.31. The fraction of sp³-hybridized carbons (Fsp3) is 0.462. The minimum absolute atomic E-state index is 0. The molecule has 3 rings (SSSR count). The van der Waals surface area contributed by atoms with Crippen LogP contribution < -0.4 is 5.32 Å². The van der Waals surface area contributed by atoms with Gasteiger partial charge in [-0.1, -0.05) is 0 Å². The van der Waals surface area contributed by atoms with E-state index in [2.05, 4.69) is 5.32 Å². The Morgan fingerprint density at radius 1 is 1.32 bits per heavy atom. The van der Waals surface area contributed by atoms with Crippen molar-refractivity contribution in [3.63, 3.8) is 0 Å². The molecule has 3 nitrogen and oxygen atoms in total. The molecule has 0 spiro atoms. The van der Waals surface area contributed by atoms with Crippen LogP contribution in [0.3, 0.4) is 0 Å². The number of carbonyl (C=O) groups is 1. The Morgan fingerprint density at radius 2 is 1.95 bits per heavy atom. The highest BCUT2D eigenvalue weighted by atomic mass is 127. The van der Waals surface area contributed by atoms with Gasteiger partial charge < -0.3 is 10.2 Å². The molecule has 0 bridgehead atoms. The lowest BCUT2D eigenvalue weighted by atomic mass is 10.0. The Kier molecular flexibility index (Phi) is 4.68. The number of hydrogen-bond donors (Lipinski definition) is 1. The summed E-state index contributed by atoms with van der Waals surface area (Å²) in [4.78, 5) is 14.1. The monoisotopic (exact) mass is 396 g/mol. The minimum atomic E-state index is -0.317. The van der Waals surface area contributed by atoms with Crippen LogP contribution >= 0.6 is 35.0 Å². The van der Waals surface area contributed by atoms with Crippen molar-refractivity contribution < 1.29 is 9.18 Å². The topological polar surface area (TPSA) is 32.3 Å². The number of likely N-dealkylation sites (tertiary alicyclic amines) is 1. The molecule has 2 heterocycles. The zero-order valence-electron chi connectivity index (χ0n) is 10.2. The number of nitrogens with zero attached hydrogens (tertiary/aromatic N) is 1. The first-order chi connectivity index (χ1) is 8.65. The van der Waals surface area contributed by atoms with Crippen molar-refractivity contribution >= 4 is 40.9 Å². The van der Waals surface area contributed by atoms with Crippen LogP contribution in [0.15, 0.2) is 18.2 Å². The smallest absolute Gasteiger partial charge is 0.253 e. The van der Waals surface area contributed by atoms with Crippen LogP contribution in [0.4, 0.5) is 4.39 Å². The average Bonchev–Trinajstić information content (AvgIpc) is 2.92. The lowest BCUT2D eigenvalue weighted by molar-refractivity contribution is 0.0781. The van der Waals surface area contributed by atoms with Gasteiger partial charge in [0.15, 0.2) is 0 Å². The molecule has 104 valence electrons. The number of hydrogen-bond acceptors (Lipinski definition) is 2. The van der Waals surface area contributed by atoms with E-state index in [1.165, 1.54) is 6.07 Å². The summed E-state index contributed by atoms with van der Waals surface area (Å²) < 4.78 is 14.0. The lowest BCUT2D eigenvalue weighted by Gasteiger charge is -2.17. The quantitative estimate of drug-likeness (QED) is 0.738. The summed E-state index contributed by atoms with van der Waals surface area (Å²) in [7, 11) is 0. The standard InChI is InChI=1S/C13H14FIN2O.ClH/c14-11-3-8(1-2-12(11)15)13(18)17-6-9-4-16-5-10(9)7-17;/h1-3,9-10,16H,4-7H2;1H/t9-,10+;. The average molecular weight is 397 g/mol. The van der Waals surface area contributed by atoms with Gasteiger partial charge in [0, 0.05) is 35.3 Å². The van der Waals surface area contributed by atoms with Crippen LogP contribution in [0.1, 0.15) is 10.4 Å². The predicted molar refractivity (Wildman–Crippen MR) is 82.1 cm³/mol. The van der Waals surface area contributed by atoms with Crippen LogP contribution in [0, 0.1) is 21.2 Å². The summed E-state index contributed by atoms with van der Waals surface area (Å²) in [6.07, 6.45) is 0. The second-order valence-corrected chi connectivity index (χ2v) is 6.18. The molecule has 0 unspecified atom stereocenters. The first kappa shape index (κ1) is 15.0. The van der Waals surface area contributed by atoms with E-state index in [1.54, 1.807) is 12.1 Å². The van der Waals surface area contributed by atoms with Crippen LogP contribution in [0.25, 0.3) is 0 Å². The molecule has 0 radical (unpaired) electrons. The molecule has 1 aromatic rings. The van der Waals surface area contributed by atoms with E-state index in [1.807, 2.05) is 27.5 Å². The van der Waals surface area contributed by atoms with Gasteiger partial charge in [0.05, 0.1) is 0 Å². The van der Waals surface area contributed by atoms with Gasteiger partial charge in [0.25, 0.3) is 5.91 Å². The third-order valence-electron chi connectivity index (χ3n) is 3.84. The Hall–Kier alpha value is -0.400. The maximum atomic E-state index is 13.5. The fourth-order valence-corrected chi connectivity index (χ4v) is 3.17. The van der Waals surface area contributed by atoms with E-state index in [0.29, 0.717) is 21.0 Å². The molecule has 1 aromatic carbocycles. The minimum Gasteiger partial charge on any atom is -0.338 e. The number of carbonyl (C=O) groups excluding carboxylic acids is 1. The van der Waals surface area contributed by atoms with E-state index < -0.39 is 0 Å². The molecule has 2 aliphatic rings. The Bertz CT molecular complexity index is 488. The number of benzene rings is 1. The highest BCUT2D eigenvalue weighted by molar-refractivity contribution is 14.1. The third kappa shape index (κ3) is 2.87. The van der Waals surface area contributed by atoms with Crippen molar-refractivity contribution in [2.45, 2.75) is 0 Å². The zero-order valence-corrected chi connectivity index (χ0v) is 13.2. The van der Waals surface area contributed by atoms with Gasteiger partial charge in [-0.15, -0.1) is 12.4 Å². The van der Waals surface area contributed by atoms with Crippen molar-refractivity contribution in [2.24, 2.45) is 11.8 Å². The van der Waals surface area contributed by atoms with E-state index in [0.717, 1.165) is 26.2 Å². The van der Waals surface area contributed by atoms with Crippen LogP contribution in [-0.2, 0) is 0 Å². The molecule has 2 aliphatic heterocycles. The summed E-state index contributed by atoms with van der Waals surface area (Å²) in [5.41, 5.74) is 0.459. The summed E-state index contributed by atoms with van der Waals surface area (Å²) in [6.45, 7) is 3.58. The molecule has 1 amide bonds. The molecule has 2 fully saturated rings. The van der Waals surface area contributed by atoms with Crippen molar-refractivity contribution in [3.05, 3.63) is 33.1 Å². The van der Waals surface area contributed by atoms with E-state index in [-0.39, 0.29) is 24.1 Å². The van der Waals surface area contributed by atoms with Crippen LogP contribution in [-0.4, -0.2) is 37.0 Å². The van der Waals surface area contributed by atoms with E-state index in [9.17, 15) is 9.18 Å². The van der Waals surface area contributed by atoms with Crippen molar-refractivity contribution in [1.82, 2.24) is 10.2 Å². The van der Waals surface area contributed by atoms with E-state index in [4.69, 9.17) is 0 Å². The number of rotatable bonds is 1. The van der Waals surface area contributed by atoms with Crippen LogP contribution in [0.5, 0.6) is 0 Å². The SMILES string of the molecule is Cl.O=C(c1ccc(I)c(F)c1)N1C[C@H]2CNC[C@H]2C1. The first-order valence-corrected chi connectivity index (χ1v) is 7.18. The summed E-state index contributed by atoms with van der Waals surface area (Å²) in [6, 6.07) is 4.71. The van der Waals surface area contributed by atoms with Gasteiger partial charge in [-0.3, -0.25) is 4.79 Å². The molecule has 2 atom stereocenters. The second kappa shape index (κ2) is 5.93. The van der Waals surface area contributed by atoms with Gasteiger partial charge in [-0.05, 0) is 52.6 Å². The highest BCUT2D eigenvalue weighted by Gasteiger charge is 2.38. The maximum Gasteiger partial charge on any atom is 0.253 e. The van der Waals surface area contributed by atoms with Crippen molar-refractivity contribution in [3.8, 4) is 0 Å². The van der Waals surface area contributed by atoms with Crippen LogP contribution in [0.2, 0.25) is 0 Å². The Balaban J connectivity index is 0.00000133. The molecule has 1 N–H and O–H groups in total. The molecule has 19 heavy (non-hydrogen) atoms. The number of nitrogens with one attached hydrogen (secondary N) is 1. The maximum absolute atomic E-state index is 13.5. The number of halogens is 3. The largest absolute Gasteiger partial charge is 0.338 e. The molecular weight excluding hydrogens is 382 g/mol. The van der Waals surface area contributed by atoms with Crippen molar-refractivity contribution in [1.29, 1.82) is 0 Å². The van der Waals surface area contributed by atoms with E-state index >= 15 is 0 Å². The van der Waals surface area contributed by atoms with Gasteiger partial charge in [0.1, 0.15) is 5.82 Å². The van der Waals surface area contributed by atoms with Crippen molar-refractivity contribution in [2.75, 3.05) is 26.2 Å². The predicted octanol–water partition coefficient (Wildman–Crippen LogP) is 2.14. The normalized spacial score (nSPS) is 25.1. The zero-order chi connectivity index (χ0) is 12.7. The first-order valence-electron chi connectivity index (χ1n) is 6.10. The fourth-order valence-electron chi connectivity index (χ4n) is 2.83. The Morgan fingerprint density at radius 3 is 2.53 bits per heavy atom. The number of amides is 1. The second-order valence-electron chi connectivity index (χ2n) is 5.02. The molecule has 0 saturated carbocycles. The summed E-state index contributed by atoms with van der Waals surface area (Å²) >= 11 is 1.93. The van der Waals surface area contributed by atoms with Gasteiger partial charge >= 0.3 is 0 Å². The third-order valence-corrected chi connectivity index (χ3v) is 4.72. The highest BCUT2D eigenvalue weighted by Crippen LogP contribution is 2.27. The summed E-state index contributed by atoms with van der Waals surface area (Å²) in [5, 5.41) is 3.34. The van der Waals surface area contributed by atoms with Gasteiger partial charge in [-0.25, -0.2) is 4.39 Å². The Labute approximate surface area is 131 Å². The molecule has 0 aliphatic carbocycles. The molecule has 0 aromatic heterocycles.